The number of hydrogen-bond acceptors (Lipinski definition) is 5. The Hall–Kier alpha value is -1.15. The van der Waals surface area contributed by atoms with Gasteiger partial charge >= 0.3 is 0 Å². The Balaban J connectivity index is 0.00000338. The number of carbonyl (C=O) groups is 2. The third kappa shape index (κ3) is 6.23. The topological polar surface area (TPSA) is 95.7 Å². The number of nitrogens with two attached hydrogens (primary N) is 1. The summed E-state index contributed by atoms with van der Waals surface area (Å²) in [6.45, 7) is 1.04. The lowest BCUT2D eigenvalue weighted by Crippen LogP contribution is -2.48. The van der Waals surface area contributed by atoms with E-state index in [-0.39, 0.29) is 35.9 Å². The number of halogens is 2. The number of anilines is 1. The fraction of sp³-hybridized carbons (Fsp3) is 0.529. The van der Waals surface area contributed by atoms with Crippen molar-refractivity contribution in [2.45, 2.75) is 25.3 Å². The van der Waals surface area contributed by atoms with Crippen LogP contribution < -0.4 is 11.1 Å². The Bertz CT molecular complexity index is 625. The van der Waals surface area contributed by atoms with Gasteiger partial charge in [0.1, 0.15) is 5.75 Å². The van der Waals surface area contributed by atoms with Crippen LogP contribution >= 0.6 is 35.8 Å². The summed E-state index contributed by atoms with van der Waals surface area (Å²) in [6.07, 6.45) is 3.80. The average molecular weight is 422 g/mol. The number of nitrogens with one attached hydrogen (secondary N) is 1. The highest BCUT2D eigenvalue weighted by Gasteiger charge is 2.29. The lowest BCUT2D eigenvalue weighted by atomic mass is 9.95. The maximum atomic E-state index is 12.4. The van der Waals surface area contributed by atoms with E-state index in [2.05, 4.69) is 5.32 Å². The molecule has 0 bridgehead atoms. The standard InChI is InChI=1S/C17H24ClN3O3S.ClH/c1-25-9-6-13(19)17(24)21-7-4-11(5-8-21)16(23)20-14-10-12(18)2-3-15(14)22;/h2-3,10-11,13,22H,4-9,19H2,1H3,(H,20,23);1H/t13-;/m0./s1. The molecule has 0 aromatic heterocycles. The van der Waals surface area contributed by atoms with Crippen molar-refractivity contribution in [3.8, 4) is 5.75 Å². The van der Waals surface area contributed by atoms with Crippen LogP contribution in [0.15, 0.2) is 18.2 Å². The first-order chi connectivity index (χ1) is 11.9. The maximum Gasteiger partial charge on any atom is 0.239 e. The summed E-state index contributed by atoms with van der Waals surface area (Å²) in [6, 6.07) is 4.03. The molecular weight excluding hydrogens is 397 g/mol. The Labute approximate surface area is 169 Å². The molecule has 1 aromatic carbocycles. The molecule has 1 aromatic rings. The van der Waals surface area contributed by atoms with E-state index in [1.165, 1.54) is 12.1 Å². The summed E-state index contributed by atoms with van der Waals surface area (Å²) < 4.78 is 0. The van der Waals surface area contributed by atoms with E-state index in [0.717, 1.165) is 5.75 Å². The molecule has 0 spiro atoms. The summed E-state index contributed by atoms with van der Waals surface area (Å²) in [5.74, 6) is 0.418. The summed E-state index contributed by atoms with van der Waals surface area (Å²) >= 11 is 7.55. The average Bonchev–Trinajstić information content (AvgIpc) is 2.62. The molecule has 9 heteroatoms. The minimum atomic E-state index is -0.471. The molecule has 4 N–H and O–H groups in total. The third-order valence-corrected chi connectivity index (χ3v) is 5.22. The zero-order valence-electron chi connectivity index (χ0n) is 14.6. The van der Waals surface area contributed by atoms with Gasteiger partial charge in [-0.3, -0.25) is 9.59 Å². The minimum absolute atomic E-state index is 0. The fourth-order valence-corrected chi connectivity index (χ4v) is 3.47. The van der Waals surface area contributed by atoms with E-state index < -0.39 is 6.04 Å². The number of thioether (sulfide) groups is 1. The normalized spacial score (nSPS) is 15.9. The Morgan fingerprint density at radius 2 is 2.08 bits per heavy atom. The highest BCUT2D eigenvalue weighted by molar-refractivity contribution is 7.98. The zero-order valence-corrected chi connectivity index (χ0v) is 17.0. The van der Waals surface area contributed by atoms with Gasteiger partial charge in [-0.1, -0.05) is 11.6 Å². The quantitative estimate of drug-likeness (QED) is 0.613. The van der Waals surface area contributed by atoms with Gasteiger partial charge in [0.2, 0.25) is 11.8 Å². The Kier molecular flexibility index (Phi) is 9.57. The predicted octanol–water partition coefficient (Wildman–Crippen LogP) is 2.72. The number of benzene rings is 1. The van der Waals surface area contributed by atoms with Gasteiger partial charge in [0.15, 0.2) is 0 Å². The molecule has 1 fully saturated rings. The lowest BCUT2D eigenvalue weighted by molar-refractivity contribution is -0.135. The van der Waals surface area contributed by atoms with Crippen molar-refractivity contribution in [1.82, 2.24) is 4.90 Å². The number of phenols is 1. The molecule has 0 radical (unpaired) electrons. The van der Waals surface area contributed by atoms with Crippen LogP contribution in [0.4, 0.5) is 5.69 Å². The van der Waals surface area contributed by atoms with Crippen molar-refractivity contribution in [3.63, 3.8) is 0 Å². The minimum Gasteiger partial charge on any atom is -0.506 e. The van der Waals surface area contributed by atoms with Crippen molar-refractivity contribution in [1.29, 1.82) is 0 Å². The van der Waals surface area contributed by atoms with Gasteiger partial charge in [0, 0.05) is 24.0 Å². The number of nitrogens with zero attached hydrogens (tertiary/aromatic N) is 1. The van der Waals surface area contributed by atoms with E-state index in [0.29, 0.717) is 43.1 Å². The van der Waals surface area contributed by atoms with Crippen LogP contribution in [0.5, 0.6) is 5.75 Å². The van der Waals surface area contributed by atoms with Gasteiger partial charge in [-0.2, -0.15) is 11.8 Å². The van der Waals surface area contributed by atoms with E-state index in [1.807, 2.05) is 6.26 Å². The van der Waals surface area contributed by atoms with Gasteiger partial charge in [-0.15, -0.1) is 12.4 Å². The van der Waals surface area contributed by atoms with Gasteiger partial charge in [0.05, 0.1) is 11.7 Å². The van der Waals surface area contributed by atoms with E-state index in [4.69, 9.17) is 17.3 Å². The third-order valence-electron chi connectivity index (χ3n) is 4.34. The van der Waals surface area contributed by atoms with Crippen LogP contribution in [0.2, 0.25) is 5.02 Å². The van der Waals surface area contributed by atoms with Gasteiger partial charge < -0.3 is 21.1 Å². The zero-order chi connectivity index (χ0) is 18.4. The smallest absolute Gasteiger partial charge is 0.239 e. The van der Waals surface area contributed by atoms with Crippen molar-refractivity contribution in [2.24, 2.45) is 11.7 Å². The highest BCUT2D eigenvalue weighted by Crippen LogP contribution is 2.28. The first-order valence-electron chi connectivity index (χ1n) is 8.25. The molecule has 0 unspecified atom stereocenters. The number of amides is 2. The van der Waals surface area contributed by atoms with Crippen LogP contribution in [-0.4, -0.2) is 53.0 Å². The maximum absolute atomic E-state index is 12.4. The van der Waals surface area contributed by atoms with Crippen molar-refractivity contribution in [2.75, 3.05) is 30.4 Å². The number of aromatic hydroxyl groups is 1. The van der Waals surface area contributed by atoms with Crippen LogP contribution in [0.3, 0.4) is 0 Å². The lowest BCUT2D eigenvalue weighted by Gasteiger charge is -2.33. The molecule has 6 nitrogen and oxygen atoms in total. The van der Waals surface area contributed by atoms with E-state index in [1.54, 1.807) is 22.7 Å². The number of piperidine rings is 1. The first-order valence-corrected chi connectivity index (χ1v) is 10.0. The molecule has 1 heterocycles. The second kappa shape index (κ2) is 10.9. The molecule has 26 heavy (non-hydrogen) atoms. The molecule has 1 aliphatic heterocycles. The number of phenolic OH excluding ortho intramolecular Hbond substituents is 1. The van der Waals surface area contributed by atoms with Gasteiger partial charge in [-0.25, -0.2) is 0 Å². The molecule has 0 aliphatic carbocycles. The van der Waals surface area contributed by atoms with Crippen molar-refractivity contribution in [3.05, 3.63) is 23.2 Å². The summed E-state index contributed by atoms with van der Waals surface area (Å²) in [7, 11) is 0. The fourth-order valence-electron chi connectivity index (χ4n) is 2.81. The second-order valence-electron chi connectivity index (χ2n) is 6.14. The summed E-state index contributed by atoms with van der Waals surface area (Å²) in [4.78, 5) is 26.4. The van der Waals surface area contributed by atoms with Crippen LogP contribution in [0.1, 0.15) is 19.3 Å². The molecule has 0 saturated carbocycles. The molecule has 2 amide bonds. The first kappa shape index (κ1) is 22.9. The number of hydrogen-bond donors (Lipinski definition) is 3. The van der Waals surface area contributed by atoms with Gasteiger partial charge in [0.25, 0.3) is 0 Å². The molecule has 1 aliphatic rings. The predicted molar refractivity (Wildman–Crippen MR) is 109 cm³/mol. The Morgan fingerprint density at radius 1 is 1.42 bits per heavy atom. The number of rotatable bonds is 6. The number of carbonyl (C=O) groups excluding carboxylic acids is 2. The van der Waals surface area contributed by atoms with Gasteiger partial charge in [-0.05, 0) is 49.5 Å². The van der Waals surface area contributed by atoms with E-state index >= 15 is 0 Å². The SMILES string of the molecule is CSCC[C@H](N)C(=O)N1CCC(C(=O)Nc2cc(Cl)ccc2O)CC1.Cl. The van der Waals surface area contributed by atoms with Crippen molar-refractivity contribution < 1.29 is 14.7 Å². The largest absolute Gasteiger partial charge is 0.506 e. The second-order valence-corrected chi connectivity index (χ2v) is 7.56. The van der Waals surface area contributed by atoms with E-state index in [9.17, 15) is 14.7 Å². The summed E-state index contributed by atoms with van der Waals surface area (Å²) in [5.41, 5.74) is 6.24. The van der Waals surface area contributed by atoms with Crippen LogP contribution in [-0.2, 0) is 9.59 Å². The molecule has 1 atom stereocenters. The molecule has 146 valence electrons. The van der Waals surface area contributed by atoms with Crippen LogP contribution in [0.25, 0.3) is 0 Å². The molecule has 1 saturated heterocycles. The van der Waals surface area contributed by atoms with Crippen LogP contribution in [0, 0.1) is 5.92 Å². The molecular formula is C17H25Cl2N3O3S. The highest BCUT2D eigenvalue weighted by atomic mass is 35.5. The number of likely N-dealkylation sites (tertiary alicyclic amines) is 1. The molecule has 2 rings (SSSR count). The van der Waals surface area contributed by atoms with Crippen molar-refractivity contribution >= 4 is 53.3 Å². The monoisotopic (exact) mass is 421 g/mol. The summed E-state index contributed by atoms with van der Waals surface area (Å²) in [5, 5.41) is 12.9. The Morgan fingerprint density at radius 3 is 2.69 bits per heavy atom.